The number of nitrogens with one attached hydrogen (secondary N) is 1. The number of halogens is 1. The maximum atomic E-state index is 12.3. The van der Waals surface area contributed by atoms with Crippen molar-refractivity contribution < 1.29 is 24.2 Å². The van der Waals surface area contributed by atoms with Crippen LogP contribution in [0.3, 0.4) is 0 Å². The highest BCUT2D eigenvalue weighted by molar-refractivity contribution is 6.31. The predicted molar refractivity (Wildman–Crippen MR) is 107 cm³/mol. The van der Waals surface area contributed by atoms with Gasteiger partial charge in [-0.15, -0.1) is 0 Å². The Kier molecular flexibility index (Phi) is 5.70. The molecular weight excluding hydrogens is 382 g/mol. The molecule has 7 heteroatoms. The fraction of sp³-hybridized carbons (Fsp3) is 0.143. The minimum atomic E-state index is -0.794. The van der Waals surface area contributed by atoms with Gasteiger partial charge in [-0.25, -0.2) is 4.79 Å². The zero-order chi connectivity index (χ0) is 20.3. The molecule has 144 valence electrons. The topological polar surface area (TPSA) is 84.9 Å². The van der Waals surface area contributed by atoms with E-state index in [-0.39, 0.29) is 11.3 Å². The molecule has 0 unspecified atom stereocenters. The number of amides is 1. The number of benzene rings is 3. The molecule has 28 heavy (non-hydrogen) atoms. The Morgan fingerprint density at radius 1 is 1.14 bits per heavy atom. The summed E-state index contributed by atoms with van der Waals surface area (Å²) in [5, 5.41) is 14.8. The fourth-order valence-electron chi connectivity index (χ4n) is 2.74. The monoisotopic (exact) mass is 399 g/mol. The summed E-state index contributed by atoms with van der Waals surface area (Å²) in [4.78, 5) is 24.5. The molecule has 0 aromatic heterocycles. The quantitative estimate of drug-likeness (QED) is 0.624. The summed E-state index contributed by atoms with van der Waals surface area (Å²) < 4.78 is 10.2. The number of aromatic hydroxyl groups is 1. The lowest BCUT2D eigenvalue weighted by molar-refractivity contribution is -0.119. The van der Waals surface area contributed by atoms with Gasteiger partial charge < -0.3 is 19.9 Å². The number of phenols is 1. The molecule has 0 aliphatic heterocycles. The summed E-state index contributed by atoms with van der Waals surface area (Å²) in [5.41, 5.74) is 1.17. The number of carbonyl (C=O) groups excluding carboxylic acids is 2. The first-order chi connectivity index (χ1) is 13.4. The molecule has 0 bridgehead atoms. The summed E-state index contributed by atoms with van der Waals surface area (Å²) >= 11 is 6.04. The highest BCUT2D eigenvalue weighted by Gasteiger charge is 2.17. The van der Waals surface area contributed by atoms with Gasteiger partial charge >= 0.3 is 5.97 Å². The minimum Gasteiger partial charge on any atom is -0.506 e. The zero-order valence-electron chi connectivity index (χ0n) is 15.3. The second-order valence-electron chi connectivity index (χ2n) is 6.11. The number of fused-ring (bicyclic) bond motifs is 1. The van der Waals surface area contributed by atoms with Crippen molar-refractivity contribution in [3.05, 3.63) is 64.7 Å². The molecule has 0 spiro atoms. The Hall–Kier alpha value is -3.25. The van der Waals surface area contributed by atoms with Crippen LogP contribution in [-0.2, 0) is 9.53 Å². The third-order valence-electron chi connectivity index (χ3n) is 4.21. The Balaban J connectivity index is 1.69. The molecule has 0 heterocycles. The molecule has 0 saturated heterocycles. The molecule has 0 aliphatic carbocycles. The van der Waals surface area contributed by atoms with E-state index in [2.05, 4.69) is 5.32 Å². The minimum absolute atomic E-state index is 0.00795. The van der Waals surface area contributed by atoms with Crippen molar-refractivity contribution in [2.45, 2.75) is 6.92 Å². The summed E-state index contributed by atoms with van der Waals surface area (Å²) in [6.45, 7) is 1.27. The largest absolute Gasteiger partial charge is 0.506 e. The van der Waals surface area contributed by atoms with Crippen LogP contribution < -0.4 is 10.1 Å². The molecule has 0 fully saturated rings. The van der Waals surface area contributed by atoms with E-state index in [4.69, 9.17) is 21.1 Å². The highest BCUT2D eigenvalue weighted by atomic mass is 35.5. The Labute approximate surface area is 166 Å². The van der Waals surface area contributed by atoms with Crippen molar-refractivity contribution in [1.29, 1.82) is 0 Å². The average molecular weight is 400 g/mol. The molecule has 0 atom stereocenters. The number of carbonyl (C=O) groups is 2. The van der Waals surface area contributed by atoms with Crippen molar-refractivity contribution >= 4 is 39.9 Å². The first-order valence-corrected chi connectivity index (χ1v) is 8.80. The molecule has 6 nitrogen and oxygen atoms in total. The third kappa shape index (κ3) is 4.02. The molecule has 1 amide bonds. The average Bonchev–Trinajstić information content (AvgIpc) is 2.69. The predicted octanol–water partition coefficient (Wildman–Crippen LogP) is 4.31. The van der Waals surface area contributed by atoms with Crippen molar-refractivity contribution in [1.82, 2.24) is 0 Å². The molecule has 2 N–H and O–H groups in total. The highest BCUT2D eigenvalue weighted by Crippen LogP contribution is 2.31. The van der Waals surface area contributed by atoms with Crippen LogP contribution in [0.5, 0.6) is 11.5 Å². The molecular formula is C21H18ClNO5. The van der Waals surface area contributed by atoms with Gasteiger partial charge in [0.25, 0.3) is 5.91 Å². The van der Waals surface area contributed by atoms with E-state index in [0.717, 1.165) is 10.9 Å². The van der Waals surface area contributed by atoms with Crippen LogP contribution in [0.25, 0.3) is 10.8 Å². The van der Waals surface area contributed by atoms with Crippen LogP contribution >= 0.6 is 11.6 Å². The fourth-order valence-corrected chi connectivity index (χ4v) is 2.90. The number of anilines is 1. The van der Waals surface area contributed by atoms with E-state index >= 15 is 0 Å². The Bertz CT molecular complexity index is 1060. The molecule has 0 aliphatic rings. The van der Waals surface area contributed by atoms with E-state index < -0.39 is 18.5 Å². The van der Waals surface area contributed by atoms with Crippen LogP contribution in [-0.4, -0.2) is 30.7 Å². The van der Waals surface area contributed by atoms with Gasteiger partial charge in [-0.2, -0.15) is 0 Å². The van der Waals surface area contributed by atoms with Gasteiger partial charge in [0.2, 0.25) is 0 Å². The number of hydrogen-bond donors (Lipinski definition) is 2. The van der Waals surface area contributed by atoms with E-state index in [1.54, 1.807) is 37.3 Å². The van der Waals surface area contributed by atoms with Crippen LogP contribution in [0.2, 0.25) is 5.02 Å². The van der Waals surface area contributed by atoms with Gasteiger partial charge in [0.05, 0.1) is 12.8 Å². The van der Waals surface area contributed by atoms with Gasteiger partial charge in [0.1, 0.15) is 17.1 Å². The maximum absolute atomic E-state index is 12.3. The number of hydrogen-bond acceptors (Lipinski definition) is 5. The van der Waals surface area contributed by atoms with E-state index in [1.807, 2.05) is 12.1 Å². The van der Waals surface area contributed by atoms with Crippen molar-refractivity contribution in [2.24, 2.45) is 0 Å². The normalized spacial score (nSPS) is 10.5. The molecule has 3 rings (SSSR count). The van der Waals surface area contributed by atoms with Crippen LogP contribution in [0, 0.1) is 6.92 Å². The number of phenolic OH excluding ortho intramolecular Hbond substituents is 1. The van der Waals surface area contributed by atoms with Crippen LogP contribution in [0.4, 0.5) is 5.69 Å². The van der Waals surface area contributed by atoms with Crippen LogP contribution in [0.1, 0.15) is 15.9 Å². The molecule has 0 radical (unpaired) electrons. The maximum Gasteiger partial charge on any atom is 0.342 e. The number of methoxy groups -OCH3 is 1. The smallest absolute Gasteiger partial charge is 0.342 e. The molecule has 3 aromatic rings. The van der Waals surface area contributed by atoms with Crippen molar-refractivity contribution in [2.75, 3.05) is 19.0 Å². The van der Waals surface area contributed by atoms with Gasteiger partial charge in [-0.05, 0) is 30.0 Å². The Morgan fingerprint density at radius 3 is 2.64 bits per heavy atom. The molecule has 0 saturated carbocycles. The van der Waals surface area contributed by atoms with Gasteiger partial charge in [-0.3, -0.25) is 4.79 Å². The second kappa shape index (κ2) is 8.19. The van der Waals surface area contributed by atoms with Crippen molar-refractivity contribution in [3.63, 3.8) is 0 Å². The number of aryl methyl sites for hydroxylation is 1. The summed E-state index contributed by atoms with van der Waals surface area (Å²) in [5.74, 6) is -1.13. The lowest BCUT2D eigenvalue weighted by atomic mass is 10.1. The lowest BCUT2D eigenvalue weighted by Crippen LogP contribution is -2.21. The van der Waals surface area contributed by atoms with E-state index in [1.165, 1.54) is 13.2 Å². The van der Waals surface area contributed by atoms with E-state index in [0.29, 0.717) is 21.8 Å². The van der Waals surface area contributed by atoms with Gasteiger partial charge in [0, 0.05) is 16.5 Å². The van der Waals surface area contributed by atoms with Crippen LogP contribution in [0.15, 0.2) is 48.5 Å². The number of esters is 1. The third-order valence-corrected chi connectivity index (χ3v) is 4.62. The van der Waals surface area contributed by atoms with Crippen molar-refractivity contribution in [3.8, 4) is 11.5 Å². The van der Waals surface area contributed by atoms with Gasteiger partial charge in [-0.1, -0.05) is 41.9 Å². The number of ether oxygens (including phenoxy) is 2. The van der Waals surface area contributed by atoms with Gasteiger partial charge in [0.15, 0.2) is 6.61 Å². The summed E-state index contributed by atoms with van der Waals surface area (Å²) in [6.07, 6.45) is 0. The second-order valence-corrected chi connectivity index (χ2v) is 6.52. The first kappa shape index (κ1) is 19.5. The summed E-state index contributed by atoms with van der Waals surface area (Å²) in [6, 6.07) is 13.5. The molecule has 3 aromatic carbocycles. The first-order valence-electron chi connectivity index (χ1n) is 8.42. The Morgan fingerprint density at radius 2 is 1.89 bits per heavy atom. The van der Waals surface area contributed by atoms with E-state index in [9.17, 15) is 14.7 Å². The standard InChI is InChI=1S/C21H18ClNO5/c1-12-9-17(18(27-2)10-16(12)22)23-19(24)11-28-21(26)15-8-7-13-5-3-4-6-14(13)20(15)25/h3-10,25H,11H2,1-2H3,(H,23,24). The SMILES string of the molecule is COc1cc(Cl)c(C)cc1NC(=O)COC(=O)c1ccc2ccccc2c1O. The zero-order valence-corrected chi connectivity index (χ0v) is 16.0. The lowest BCUT2D eigenvalue weighted by Gasteiger charge is -2.13. The summed E-state index contributed by atoms with van der Waals surface area (Å²) in [7, 11) is 1.46. The number of rotatable bonds is 5.